The number of hydrogen-bond donors (Lipinski definition) is 2. The van der Waals surface area contributed by atoms with E-state index in [-0.39, 0.29) is 22.9 Å². The topological polar surface area (TPSA) is 58.2 Å². The van der Waals surface area contributed by atoms with Crippen molar-refractivity contribution in [2.75, 3.05) is 0 Å². The molecule has 0 saturated heterocycles. The van der Waals surface area contributed by atoms with E-state index >= 15 is 0 Å². The highest BCUT2D eigenvalue weighted by atomic mass is 16.2. The Labute approximate surface area is 136 Å². The van der Waals surface area contributed by atoms with Crippen LogP contribution in [-0.4, -0.2) is 22.9 Å². The van der Waals surface area contributed by atoms with Crippen LogP contribution < -0.4 is 10.6 Å². The largest absolute Gasteiger partial charge is 0.352 e. The molecular formula is C18H36N2O2. The van der Waals surface area contributed by atoms with Crippen molar-refractivity contribution in [1.82, 2.24) is 10.6 Å². The van der Waals surface area contributed by atoms with Crippen LogP contribution in [0.2, 0.25) is 0 Å². The molecule has 130 valence electrons. The number of unbranched alkanes of at least 4 members (excludes halogenated alkanes) is 5. The maximum absolute atomic E-state index is 11.6. The number of nitrogens with one attached hydrogen (secondary N) is 2. The van der Waals surface area contributed by atoms with E-state index in [1.165, 1.54) is 0 Å². The normalized spacial score (nSPS) is 12.1. The third kappa shape index (κ3) is 15.3. The SMILES string of the molecule is CC(C)(C)NC(=O)CCCCCCCCC(=O)NC(C)(C)C. The van der Waals surface area contributed by atoms with E-state index in [2.05, 4.69) is 10.6 Å². The molecule has 0 heterocycles. The fourth-order valence-electron chi connectivity index (χ4n) is 2.24. The van der Waals surface area contributed by atoms with Gasteiger partial charge in [-0.3, -0.25) is 9.59 Å². The van der Waals surface area contributed by atoms with Gasteiger partial charge in [0.15, 0.2) is 0 Å². The first-order valence-electron chi connectivity index (χ1n) is 8.62. The highest BCUT2D eigenvalue weighted by molar-refractivity contribution is 5.76. The Morgan fingerprint density at radius 1 is 0.591 bits per heavy atom. The zero-order valence-corrected chi connectivity index (χ0v) is 15.5. The van der Waals surface area contributed by atoms with Gasteiger partial charge in [-0.05, 0) is 54.4 Å². The Bertz CT molecular complexity index is 304. The zero-order valence-electron chi connectivity index (χ0n) is 15.5. The number of amides is 2. The second-order valence-electron chi connectivity index (χ2n) is 8.22. The predicted octanol–water partition coefficient (Wildman–Crippen LogP) is 3.94. The van der Waals surface area contributed by atoms with Crippen LogP contribution in [0.25, 0.3) is 0 Å². The minimum atomic E-state index is -0.134. The van der Waals surface area contributed by atoms with Crippen molar-refractivity contribution >= 4 is 11.8 Å². The minimum Gasteiger partial charge on any atom is -0.352 e. The van der Waals surface area contributed by atoms with Gasteiger partial charge in [-0.1, -0.05) is 25.7 Å². The van der Waals surface area contributed by atoms with Gasteiger partial charge in [0.25, 0.3) is 0 Å². The summed E-state index contributed by atoms with van der Waals surface area (Å²) in [4.78, 5) is 23.3. The average Bonchev–Trinajstić information content (AvgIpc) is 2.27. The Hall–Kier alpha value is -1.06. The van der Waals surface area contributed by atoms with Crippen LogP contribution >= 0.6 is 0 Å². The highest BCUT2D eigenvalue weighted by Crippen LogP contribution is 2.10. The third-order valence-electron chi connectivity index (χ3n) is 3.09. The van der Waals surface area contributed by atoms with Crippen LogP contribution in [0.3, 0.4) is 0 Å². The smallest absolute Gasteiger partial charge is 0.220 e. The van der Waals surface area contributed by atoms with Crippen molar-refractivity contribution < 1.29 is 9.59 Å². The van der Waals surface area contributed by atoms with Crippen LogP contribution in [0.15, 0.2) is 0 Å². The quantitative estimate of drug-likeness (QED) is 0.634. The Kier molecular flexibility index (Phi) is 9.38. The lowest BCUT2D eigenvalue weighted by atomic mass is 10.1. The minimum absolute atomic E-state index is 0.134. The van der Waals surface area contributed by atoms with Gasteiger partial charge in [0.1, 0.15) is 0 Å². The van der Waals surface area contributed by atoms with Crippen LogP contribution in [0.4, 0.5) is 0 Å². The molecule has 4 nitrogen and oxygen atoms in total. The van der Waals surface area contributed by atoms with Gasteiger partial charge in [0.2, 0.25) is 11.8 Å². The monoisotopic (exact) mass is 312 g/mol. The molecule has 0 rings (SSSR count). The third-order valence-corrected chi connectivity index (χ3v) is 3.09. The molecule has 2 amide bonds. The summed E-state index contributed by atoms with van der Waals surface area (Å²) in [5, 5.41) is 5.96. The molecule has 0 fully saturated rings. The standard InChI is InChI=1S/C18H36N2O2/c1-17(2,3)19-15(21)13-11-9-7-8-10-12-14-16(22)20-18(4,5)6/h7-14H2,1-6H3,(H,19,21)(H,20,22). The van der Waals surface area contributed by atoms with Crippen molar-refractivity contribution in [3.05, 3.63) is 0 Å². The van der Waals surface area contributed by atoms with Gasteiger partial charge in [0.05, 0.1) is 0 Å². The average molecular weight is 312 g/mol. The summed E-state index contributed by atoms with van der Waals surface area (Å²) in [6.07, 6.45) is 7.60. The fraction of sp³-hybridized carbons (Fsp3) is 0.889. The molecule has 0 unspecified atom stereocenters. The summed E-state index contributed by atoms with van der Waals surface area (Å²) in [6, 6.07) is 0. The molecule has 0 aliphatic carbocycles. The van der Waals surface area contributed by atoms with Crippen molar-refractivity contribution in [1.29, 1.82) is 0 Å². The Morgan fingerprint density at radius 2 is 0.864 bits per heavy atom. The van der Waals surface area contributed by atoms with Gasteiger partial charge < -0.3 is 10.6 Å². The van der Waals surface area contributed by atoms with E-state index < -0.39 is 0 Å². The van der Waals surface area contributed by atoms with Crippen molar-refractivity contribution in [3.63, 3.8) is 0 Å². The van der Waals surface area contributed by atoms with Crippen LogP contribution in [0.5, 0.6) is 0 Å². The van der Waals surface area contributed by atoms with Crippen molar-refractivity contribution in [2.24, 2.45) is 0 Å². The summed E-state index contributed by atoms with van der Waals surface area (Å²) < 4.78 is 0. The first-order valence-corrected chi connectivity index (χ1v) is 8.62. The van der Waals surface area contributed by atoms with E-state index in [1.54, 1.807) is 0 Å². The number of rotatable bonds is 9. The van der Waals surface area contributed by atoms with E-state index in [0.717, 1.165) is 38.5 Å². The van der Waals surface area contributed by atoms with Crippen LogP contribution in [-0.2, 0) is 9.59 Å². The second kappa shape index (κ2) is 9.86. The summed E-state index contributed by atoms with van der Waals surface area (Å²) in [5.41, 5.74) is -0.268. The first-order chi connectivity index (χ1) is 9.99. The molecule has 0 aromatic rings. The van der Waals surface area contributed by atoms with E-state index in [1.807, 2.05) is 41.5 Å². The van der Waals surface area contributed by atoms with E-state index in [4.69, 9.17) is 0 Å². The summed E-state index contributed by atoms with van der Waals surface area (Å²) in [6.45, 7) is 12.0. The molecule has 0 aliphatic heterocycles. The Morgan fingerprint density at radius 3 is 1.14 bits per heavy atom. The van der Waals surface area contributed by atoms with Gasteiger partial charge >= 0.3 is 0 Å². The van der Waals surface area contributed by atoms with Crippen molar-refractivity contribution in [2.45, 2.75) is 104 Å². The van der Waals surface area contributed by atoms with Gasteiger partial charge in [-0.15, -0.1) is 0 Å². The summed E-state index contributed by atoms with van der Waals surface area (Å²) in [5.74, 6) is 0.290. The second-order valence-corrected chi connectivity index (χ2v) is 8.22. The van der Waals surface area contributed by atoms with E-state index in [9.17, 15) is 9.59 Å². The maximum Gasteiger partial charge on any atom is 0.220 e. The molecule has 0 saturated carbocycles. The molecule has 0 radical (unpaired) electrons. The van der Waals surface area contributed by atoms with Gasteiger partial charge in [0, 0.05) is 23.9 Å². The zero-order chi connectivity index (χ0) is 17.2. The number of hydrogen-bond acceptors (Lipinski definition) is 2. The van der Waals surface area contributed by atoms with Gasteiger partial charge in [-0.25, -0.2) is 0 Å². The molecule has 0 aromatic carbocycles. The molecule has 0 bridgehead atoms. The van der Waals surface area contributed by atoms with Crippen LogP contribution in [0.1, 0.15) is 92.9 Å². The number of carbonyl (C=O) groups is 2. The lowest BCUT2D eigenvalue weighted by Crippen LogP contribution is -2.40. The molecule has 4 heteroatoms. The molecule has 0 aliphatic rings. The Balaban J connectivity index is 3.45. The summed E-state index contributed by atoms with van der Waals surface area (Å²) >= 11 is 0. The summed E-state index contributed by atoms with van der Waals surface area (Å²) in [7, 11) is 0. The highest BCUT2D eigenvalue weighted by Gasteiger charge is 2.13. The van der Waals surface area contributed by atoms with Crippen molar-refractivity contribution in [3.8, 4) is 0 Å². The molecule has 0 atom stereocenters. The molecule has 0 spiro atoms. The lowest BCUT2D eigenvalue weighted by molar-refractivity contribution is -0.123. The van der Waals surface area contributed by atoms with E-state index in [0.29, 0.717) is 12.8 Å². The molecule has 22 heavy (non-hydrogen) atoms. The first kappa shape index (κ1) is 20.9. The predicted molar refractivity (Wildman–Crippen MR) is 92.7 cm³/mol. The molecular weight excluding hydrogens is 276 g/mol. The molecule has 2 N–H and O–H groups in total. The maximum atomic E-state index is 11.6. The lowest BCUT2D eigenvalue weighted by Gasteiger charge is -2.20. The van der Waals surface area contributed by atoms with Gasteiger partial charge in [-0.2, -0.15) is 0 Å². The molecule has 0 aromatic heterocycles. The van der Waals surface area contributed by atoms with Crippen LogP contribution in [0, 0.1) is 0 Å². The fourth-order valence-corrected chi connectivity index (χ4v) is 2.24. The number of carbonyl (C=O) groups excluding carboxylic acids is 2.